The van der Waals surface area contributed by atoms with E-state index in [9.17, 15) is 5.11 Å². The zero-order valence-corrected chi connectivity index (χ0v) is 21.9. The number of rotatable bonds is 0. The van der Waals surface area contributed by atoms with Crippen LogP contribution in [0.3, 0.4) is 0 Å². The lowest BCUT2D eigenvalue weighted by Crippen LogP contribution is -2.65. The second-order valence-corrected chi connectivity index (χ2v) is 15.3. The van der Waals surface area contributed by atoms with Crippen LogP contribution in [-0.4, -0.2) is 11.2 Å². The topological polar surface area (TPSA) is 20.2 Å². The van der Waals surface area contributed by atoms with E-state index in [1.807, 2.05) is 0 Å². The molecule has 4 saturated carbocycles. The summed E-state index contributed by atoms with van der Waals surface area (Å²) < 4.78 is 0. The Morgan fingerprint density at radius 3 is 2.10 bits per heavy atom. The van der Waals surface area contributed by atoms with Crippen LogP contribution in [0, 0.1) is 56.2 Å². The van der Waals surface area contributed by atoms with Gasteiger partial charge in [-0.05, 0) is 114 Å². The first-order valence-electron chi connectivity index (χ1n) is 13.6. The molecule has 0 radical (unpaired) electrons. The van der Waals surface area contributed by atoms with Gasteiger partial charge in [0, 0.05) is 0 Å². The fraction of sp³-hybridized carbons (Fsp3) is 0.933. The molecular formula is C30H50O. The lowest BCUT2D eigenvalue weighted by molar-refractivity contribution is -0.217. The molecule has 9 atom stereocenters. The van der Waals surface area contributed by atoms with E-state index in [-0.39, 0.29) is 11.5 Å². The van der Waals surface area contributed by atoms with Gasteiger partial charge in [0.15, 0.2) is 0 Å². The van der Waals surface area contributed by atoms with Gasteiger partial charge in [-0.3, -0.25) is 0 Å². The van der Waals surface area contributed by atoms with E-state index in [2.05, 4.69) is 67.5 Å². The van der Waals surface area contributed by atoms with Gasteiger partial charge in [0.2, 0.25) is 0 Å². The monoisotopic (exact) mass is 426 g/mol. The molecule has 1 N–H and O–H groups in total. The summed E-state index contributed by atoms with van der Waals surface area (Å²) in [5.41, 5.74) is 2.22. The molecule has 5 rings (SSSR count). The first-order valence-corrected chi connectivity index (χ1v) is 13.6. The molecule has 1 heteroatoms. The Balaban J connectivity index is 1.57. The second-order valence-electron chi connectivity index (χ2n) is 15.3. The highest BCUT2D eigenvalue weighted by molar-refractivity contribution is 5.26. The summed E-state index contributed by atoms with van der Waals surface area (Å²) in [5, 5.41) is 10.9. The van der Waals surface area contributed by atoms with Gasteiger partial charge in [0.05, 0.1) is 6.10 Å². The summed E-state index contributed by atoms with van der Waals surface area (Å²) in [6.45, 7) is 20.4. The van der Waals surface area contributed by atoms with Gasteiger partial charge in [-0.2, -0.15) is 0 Å². The van der Waals surface area contributed by atoms with Crippen LogP contribution in [-0.2, 0) is 0 Å². The predicted octanol–water partition coefficient (Wildman–Crippen LogP) is 8.02. The van der Waals surface area contributed by atoms with Gasteiger partial charge in [0.1, 0.15) is 0 Å². The van der Waals surface area contributed by atoms with Crippen LogP contribution in [0.2, 0.25) is 0 Å². The summed E-state index contributed by atoms with van der Waals surface area (Å²) >= 11 is 0. The fourth-order valence-corrected chi connectivity index (χ4v) is 10.6. The van der Waals surface area contributed by atoms with E-state index in [0.29, 0.717) is 38.9 Å². The second kappa shape index (κ2) is 6.43. The van der Waals surface area contributed by atoms with Crippen molar-refractivity contribution in [1.82, 2.24) is 0 Å². The molecule has 5 aliphatic rings. The fourth-order valence-electron chi connectivity index (χ4n) is 10.6. The molecule has 1 nitrogen and oxygen atoms in total. The summed E-state index contributed by atoms with van der Waals surface area (Å²) in [6.07, 6.45) is 17.3. The van der Waals surface area contributed by atoms with Crippen molar-refractivity contribution >= 4 is 0 Å². The van der Waals surface area contributed by atoms with E-state index in [4.69, 9.17) is 0 Å². The molecule has 0 unspecified atom stereocenters. The Labute approximate surface area is 192 Å². The van der Waals surface area contributed by atoms with Crippen LogP contribution in [0.4, 0.5) is 0 Å². The Bertz CT molecular complexity index is 777. The van der Waals surface area contributed by atoms with E-state index in [1.54, 1.807) is 0 Å². The standard InChI is InChI=1S/C30H50O/c1-25(2)15-16-27(5)17-18-29(7)20(21(27)19-25)9-10-23-28(6)13-12-24(31)26(3,4)22(28)11-14-30(23,29)8/h9-10,20-24,31H,11-19H2,1-8H3/t20-,21+,22-,23-,24+,27-,28+,29-,30-/m1/s1. The molecule has 0 heterocycles. The van der Waals surface area contributed by atoms with Crippen LogP contribution in [0.5, 0.6) is 0 Å². The molecule has 0 aliphatic heterocycles. The van der Waals surface area contributed by atoms with Gasteiger partial charge >= 0.3 is 0 Å². The van der Waals surface area contributed by atoms with Crippen molar-refractivity contribution in [2.24, 2.45) is 56.2 Å². The Morgan fingerprint density at radius 1 is 0.710 bits per heavy atom. The zero-order chi connectivity index (χ0) is 22.7. The third-order valence-corrected chi connectivity index (χ3v) is 13.1. The minimum atomic E-state index is -0.134. The number of hydrogen-bond acceptors (Lipinski definition) is 1. The molecule has 0 aromatic heterocycles. The third-order valence-electron chi connectivity index (χ3n) is 13.1. The lowest BCUT2D eigenvalue weighted by atomic mass is 9.33. The first kappa shape index (κ1) is 22.5. The average Bonchev–Trinajstić information content (AvgIpc) is 2.67. The molecule has 0 spiro atoms. The van der Waals surface area contributed by atoms with Crippen molar-refractivity contribution in [3.05, 3.63) is 12.2 Å². The van der Waals surface area contributed by atoms with Crippen molar-refractivity contribution < 1.29 is 5.11 Å². The predicted molar refractivity (Wildman–Crippen MR) is 131 cm³/mol. The normalized spacial score (nSPS) is 57.3. The summed E-state index contributed by atoms with van der Waals surface area (Å²) in [4.78, 5) is 0. The SMILES string of the molecule is CC1(C)CC[C@]2(C)CC[C@]3(C)[C@H](C=C[C@@H]4[C@@]5(C)CC[C@H](O)C(C)(C)[C@H]5CC[C@]43C)[C@@H]2C1. The maximum atomic E-state index is 10.9. The van der Waals surface area contributed by atoms with E-state index >= 15 is 0 Å². The third kappa shape index (κ3) is 2.77. The highest BCUT2D eigenvalue weighted by Crippen LogP contribution is 2.75. The van der Waals surface area contributed by atoms with Crippen molar-refractivity contribution in [2.45, 2.75) is 119 Å². The summed E-state index contributed by atoms with van der Waals surface area (Å²) in [5.74, 6) is 2.88. The van der Waals surface area contributed by atoms with Crippen LogP contribution in [0.1, 0.15) is 113 Å². The van der Waals surface area contributed by atoms with E-state index in [1.165, 1.54) is 51.4 Å². The largest absolute Gasteiger partial charge is 0.393 e. The summed E-state index contributed by atoms with van der Waals surface area (Å²) in [6, 6.07) is 0. The Morgan fingerprint density at radius 2 is 1.39 bits per heavy atom. The summed E-state index contributed by atoms with van der Waals surface area (Å²) in [7, 11) is 0. The quantitative estimate of drug-likeness (QED) is 0.389. The highest BCUT2D eigenvalue weighted by Gasteiger charge is 2.68. The number of fused-ring (bicyclic) bond motifs is 7. The molecule has 4 fully saturated rings. The maximum absolute atomic E-state index is 10.9. The lowest BCUT2D eigenvalue weighted by Gasteiger charge is -2.72. The van der Waals surface area contributed by atoms with Crippen LogP contribution in [0.25, 0.3) is 0 Å². The number of aliphatic hydroxyl groups excluding tert-OH is 1. The van der Waals surface area contributed by atoms with E-state index in [0.717, 1.165) is 18.3 Å². The average molecular weight is 427 g/mol. The zero-order valence-electron chi connectivity index (χ0n) is 21.9. The molecule has 5 aliphatic carbocycles. The Kier molecular flexibility index (Phi) is 4.66. The van der Waals surface area contributed by atoms with Gasteiger partial charge < -0.3 is 5.11 Å². The van der Waals surface area contributed by atoms with Gasteiger partial charge in [-0.1, -0.05) is 67.5 Å². The van der Waals surface area contributed by atoms with Crippen LogP contribution in [0.15, 0.2) is 12.2 Å². The van der Waals surface area contributed by atoms with Crippen LogP contribution < -0.4 is 0 Å². The van der Waals surface area contributed by atoms with Gasteiger partial charge in [0.25, 0.3) is 0 Å². The number of aliphatic hydroxyl groups is 1. The molecule has 0 bridgehead atoms. The number of hydrogen-bond donors (Lipinski definition) is 1. The smallest absolute Gasteiger partial charge is 0.0594 e. The minimum absolute atomic E-state index is 0.0401. The van der Waals surface area contributed by atoms with Gasteiger partial charge in [-0.25, -0.2) is 0 Å². The van der Waals surface area contributed by atoms with Gasteiger partial charge in [-0.15, -0.1) is 0 Å². The number of allylic oxidation sites excluding steroid dienone is 2. The molecule has 31 heavy (non-hydrogen) atoms. The van der Waals surface area contributed by atoms with Crippen molar-refractivity contribution in [1.29, 1.82) is 0 Å². The minimum Gasteiger partial charge on any atom is -0.393 e. The Hall–Kier alpha value is -0.300. The van der Waals surface area contributed by atoms with E-state index < -0.39 is 0 Å². The molecule has 176 valence electrons. The first-order chi connectivity index (χ1) is 14.2. The van der Waals surface area contributed by atoms with Crippen LogP contribution >= 0.6 is 0 Å². The van der Waals surface area contributed by atoms with Crippen molar-refractivity contribution in [3.8, 4) is 0 Å². The maximum Gasteiger partial charge on any atom is 0.0594 e. The molecular weight excluding hydrogens is 376 g/mol. The van der Waals surface area contributed by atoms with Crippen molar-refractivity contribution in [3.63, 3.8) is 0 Å². The van der Waals surface area contributed by atoms with Crippen molar-refractivity contribution in [2.75, 3.05) is 0 Å². The molecule has 0 saturated heterocycles. The molecule has 0 aromatic rings. The highest BCUT2D eigenvalue weighted by atomic mass is 16.3. The molecule has 0 aromatic carbocycles. The molecule has 0 amide bonds.